The second-order valence-corrected chi connectivity index (χ2v) is 7.15. The molecule has 0 heterocycles. The van der Waals surface area contributed by atoms with E-state index in [9.17, 15) is 9.59 Å². The van der Waals surface area contributed by atoms with E-state index in [0.29, 0.717) is 22.3 Å². The fourth-order valence-electron chi connectivity index (χ4n) is 4.11. The average Bonchev–Trinajstić information content (AvgIpc) is 2.69. The SMILES string of the molecule is CCCCC(CCC)(NC)c1ccc2c(c1)C(=O)c1ccccc1C2=O. The molecule has 1 aliphatic rings. The van der Waals surface area contributed by atoms with Crippen LogP contribution in [0.1, 0.15) is 83.4 Å². The highest BCUT2D eigenvalue weighted by molar-refractivity contribution is 6.28. The lowest BCUT2D eigenvalue weighted by molar-refractivity contribution is 0.0979. The molecule has 0 bridgehead atoms. The summed E-state index contributed by atoms with van der Waals surface area (Å²) in [6.45, 7) is 4.37. The van der Waals surface area contributed by atoms with E-state index in [2.05, 4.69) is 19.2 Å². The zero-order valence-corrected chi connectivity index (χ0v) is 15.9. The lowest BCUT2D eigenvalue weighted by Gasteiger charge is -2.35. The van der Waals surface area contributed by atoms with Crippen molar-refractivity contribution < 1.29 is 9.59 Å². The van der Waals surface area contributed by atoms with Gasteiger partial charge in [0.05, 0.1) is 0 Å². The maximum absolute atomic E-state index is 13.0. The molecule has 2 aromatic carbocycles. The zero-order valence-electron chi connectivity index (χ0n) is 15.9. The summed E-state index contributed by atoms with van der Waals surface area (Å²) in [5, 5.41) is 3.52. The third kappa shape index (κ3) is 3.01. The molecule has 0 aromatic heterocycles. The van der Waals surface area contributed by atoms with Gasteiger partial charge in [0.1, 0.15) is 0 Å². The van der Waals surface area contributed by atoms with Crippen LogP contribution in [-0.2, 0) is 5.54 Å². The maximum atomic E-state index is 13.0. The number of carbonyl (C=O) groups is 2. The summed E-state index contributed by atoms with van der Waals surface area (Å²) in [4.78, 5) is 25.8. The minimum Gasteiger partial charge on any atom is -0.310 e. The second kappa shape index (κ2) is 7.55. The molecule has 1 atom stereocenters. The number of carbonyl (C=O) groups excluding carboxylic acids is 2. The highest BCUT2D eigenvalue weighted by atomic mass is 16.1. The molecule has 0 saturated heterocycles. The van der Waals surface area contributed by atoms with Crippen molar-refractivity contribution in [3.63, 3.8) is 0 Å². The summed E-state index contributed by atoms with van der Waals surface area (Å²) >= 11 is 0. The predicted molar refractivity (Wildman–Crippen MR) is 105 cm³/mol. The van der Waals surface area contributed by atoms with Gasteiger partial charge >= 0.3 is 0 Å². The molecule has 0 radical (unpaired) electrons. The highest BCUT2D eigenvalue weighted by Gasteiger charge is 2.33. The van der Waals surface area contributed by atoms with Gasteiger partial charge in [-0.05, 0) is 37.6 Å². The molecule has 0 spiro atoms. The number of hydrogen-bond acceptors (Lipinski definition) is 3. The fourth-order valence-corrected chi connectivity index (χ4v) is 4.11. The van der Waals surface area contributed by atoms with Gasteiger partial charge in [-0.15, -0.1) is 0 Å². The number of hydrogen-bond donors (Lipinski definition) is 1. The van der Waals surface area contributed by atoms with Gasteiger partial charge in [0.2, 0.25) is 0 Å². The summed E-state index contributed by atoms with van der Waals surface area (Å²) in [5.41, 5.74) is 3.04. The normalized spacial score (nSPS) is 15.3. The first-order valence-corrected chi connectivity index (χ1v) is 9.59. The van der Waals surface area contributed by atoms with Gasteiger partial charge in [0.25, 0.3) is 0 Å². The Hall–Kier alpha value is -2.26. The Morgan fingerprint density at radius 1 is 0.808 bits per heavy atom. The number of fused-ring (bicyclic) bond motifs is 2. The number of benzene rings is 2. The van der Waals surface area contributed by atoms with Crippen LogP contribution >= 0.6 is 0 Å². The molecule has 1 aliphatic carbocycles. The topological polar surface area (TPSA) is 46.2 Å². The quantitative estimate of drug-likeness (QED) is 0.662. The first-order valence-electron chi connectivity index (χ1n) is 9.59. The Kier molecular flexibility index (Phi) is 5.38. The molecular weight excluding hydrogens is 322 g/mol. The third-order valence-electron chi connectivity index (χ3n) is 5.59. The van der Waals surface area contributed by atoms with Crippen LogP contribution in [0.4, 0.5) is 0 Å². The van der Waals surface area contributed by atoms with Crippen LogP contribution in [0.2, 0.25) is 0 Å². The van der Waals surface area contributed by atoms with Crippen molar-refractivity contribution in [2.75, 3.05) is 7.05 Å². The van der Waals surface area contributed by atoms with E-state index in [1.54, 1.807) is 18.2 Å². The van der Waals surface area contributed by atoms with E-state index >= 15 is 0 Å². The van der Waals surface area contributed by atoms with Crippen LogP contribution in [0.5, 0.6) is 0 Å². The van der Waals surface area contributed by atoms with Crippen molar-refractivity contribution in [2.24, 2.45) is 0 Å². The smallest absolute Gasteiger partial charge is 0.194 e. The Bertz CT molecular complexity index is 840. The Balaban J connectivity index is 2.10. The van der Waals surface area contributed by atoms with Crippen molar-refractivity contribution >= 4 is 11.6 Å². The molecule has 0 saturated carbocycles. The molecule has 0 amide bonds. The summed E-state index contributed by atoms with van der Waals surface area (Å²) in [7, 11) is 1.99. The molecule has 136 valence electrons. The van der Waals surface area contributed by atoms with Crippen LogP contribution < -0.4 is 5.32 Å². The Morgan fingerprint density at radius 2 is 1.42 bits per heavy atom. The predicted octanol–water partition coefficient (Wildman–Crippen LogP) is 4.87. The minimum absolute atomic E-state index is 0.0472. The summed E-state index contributed by atoms with van der Waals surface area (Å²) in [5.74, 6) is -0.102. The van der Waals surface area contributed by atoms with Gasteiger partial charge < -0.3 is 5.32 Å². The van der Waals surface area contributed by atoms with E-state index in [1.165, 1.54) is 0 Å². The first-order chi connectivity index (χ1) is 12.6. The van der Waals surface area contributed by atoms with Gasteiger partial charge in [0, 0.05) is 27.8 Å². The Morgan fingerprint density at radius 3 is 2.00 bits per heavy atom. The molecule has 3 rings (SSSR count). The van der Waals surface area contributed by atoms with Crippen LogP contribution in [0.3, 0.4) is 0 Å². The van der Waals surface area contributed by atoms with E-state index in [1.807, 2.05) is 31.3 Å². The molecule has 0 aliphatic heterocycles. The van der Waals surface area contributed by atoms with Gasteiger partial charge in [-0.1, -0.05) is 63.4 Å². The van der Waals surface area contributed by atoms with Crippen LogP contribution in [0.25, 0.3) is 0 Å². The standard InChI is InChI=1S/C23H27NO2/c1-4-6-14-23(24-3,13-5-2)16-11-12-19-20(15-16)22(26)18-10-8-7-9-17(18)21(19)25/h7-12,15,24H,4-6,13-14H2,1-3H3. The number of rotatable bonds is 7. The summed E-state index contributed by atoms with van der Waals surface area (Å²) in [6.07, 6.45) is 5.32. The van der Waals surface area contributed by atoms with E-state index in [4.69, 9.17) is 0 Å². The van der Waals surface area contributed by atoms with Gasteiger partial charge in [-0.3, -0.25) is 9.59 Å². The number of unbranched alkanes of at least 4 members (excludes halogenated alkanes) is 1. The van der Waals surface area contributed by atoms with Crippen molar-refractivity contribution in [3.05, 3.63) is 70.3 Å². The van der Waals surface area contributed by atoms with Gasteiger partial charge in [0.15, 0.2) is 11.6 Å². The number of ketones is 2. The largest absolute Gasteiger partial charge is 0.310 e. The van der Waals surface area contributed by atoms with E-state index < -0.39 is 0 Å². The molecule has 1 N–H and O–H groups in total. The zero-order chi connectivity index (χ0) is 18.7. The first kappa shape index (κ1) is 18.5. The van der Waals surface area contributed by atoms with Crippen LogP contribution in [0.15, 0.2) is 42.5 Å². The monoisotopic (exact) mass is 349 g/mol. The van der Waals surface area contributed by atoms with Crippen molar-refractivity contribution in [1.82, 2.24) is 5.32 Å². The van der Waals surface area contributed by atoms with Crippen LogP contribution in [0, 0.1) is 0 Å². The lowest BCUT2D eigenvalue weighted by Crippen LogP contribution is -2.40. The summed E-state index contributed by atoms with van der Waals surface area (Å²) in [6, 6.07) is 12.9. The van der Waals surface area contributed by atoms with Crippen molar-refractivity contribution in [2.45, 2.75) is 51.5 Å². The molecule has 3 nitrogen and oxygen atoms in total. The second-order valence-electron chi connectivity index (χ2n) is 7.15. The molecular formula is C23H27NO2. The molecule has 2 aromatic rings. The molecule has 0 fully saturated rings. The van der Waals surface area contributed by atoms with Gasteiger partial charge in [-0.25, -0.2) is 0 Å². The van der Waals surface area contributed by atoms with Crippen molar-refractivity contribution in [3.8, 4) is 0 Å². The summed E-state index contributed by atoms with van der Waals surface area (Å²) < 4.78 is 0. The fraction of sp³-hybridized carbons (Fsp3) is 0.391. The van der Waals surface area contributed by atoms with Crippen molar-refractivity contribution in [1.29, 1.82) is 0 Å². The molecule has 3 heteroatoms. The lowest BCUT2D eigenvalue weighted by atomic mass is 9.77. The third-order valence-corrected chi connectivity index (χ3v) is 5.59. The van der Waals surface area contributed by atoms with Crippen LogP contribution in [-0.4, -0.2) is 18.6 Å². The molecule has 1 unspecified atom stereocenters. The van der Waals surface area contributed by atoms with Gasteiger partial charge in [-0.2, -0.15) is 0 Å². The van der Waals surface area contributed by atoms with E-state index in [-0.39, 0.29) is 17.1 Å². The number of nitrogens with one attached hydrogen (secondary N) is 1. The molecule has 26 heavy (non-hydrogen) atoms. The Labute approximate surface area is 155 Å². The van der Waals surface area contributed by atoms with E-state index in [0.717, 1.165) is 37.7 Å². The average molecular weight is 349 g/mol. The minimum atomic E-state index is -0.153. The maximum Gasteiger partial charge on any atom is 0.194 e. The highest BCUT2D eigenvalue weighted by Crippen LogP contribution is 2.35.